The molecule has 1 aromatic rings. The average molecular weight is 192 g/mol. The van der Waals surface area contributed by atoms with Crippen LogP contribution in [0.2, 0.25) is 0 Å². The van der Waals surface area contributed by atoms with Gasteiger partial charge in [-0.3, -0.25) is 0 Å². The van der Waals surface area contributed by atoms with E-state index < -0.39 is 0 Å². The molecule has 1 rings (SSSR count). The summed E-state index contributed by atoms with van der Waals surface area (Å²) in [4.78, 5) is 26.8. The number of aryl methyl sites for hydroxylation is 1. The van der Waals surface area contributed by atoms with Crippen LogP contribution in [0.5, 0.6) is 0 Å². The van der Waals surface area contributed by atoms with Gasteiger partial charge in [0.15, 0.2) is 0 Å². The second-order valence-corrected chi connectivity index (χ2v) is 2.38. The monoisotopic (exact) mass is 192 g/mol. The van der Waals surface area contributed by atoms with Gasteiger partial charge >= 0.3 is 0 Å². The minimum atomic E-state index is 0. The molecular formula is C9H8N2O3. The molecule has 0 saturated heterocycles. The van der Waals surface area contributed by atoms with Crippen LogP contribution in [0.15, 0.2) is 28.2 Å². The molecule has 0 aliphatic carbocycles. The Labute approximate surface area is 80.1 Å². The predicted molar refractivity (Wildman–Crippen MR) is 50.4 cm³/mol. The van der Waals surface area contributed by atoms with E-state index in [1.165, 1.54) is 18.2 Å². The fourth-order valence-corrected chi connectivity index (χ4v) is 0.890. The van der Waals surface area contributed by atoms with E-state index in [0.29, 0.717) is 11.4 Å². The molecule has 0 unspecified atom stereocenters. The molecule has 14 heavy (non-hydrogen) atoms. The third-order valence-corrected chi connectivity index (χ3v) is 1.53. The van der Waals surface area contributed by atoms with Gasteiger partial charge in [-0.25, -0.2) is 9.59 Å². The van der Waals surface area contributed by atoms with Gasteiger partial charge in [-0.1, -0.05) is 6.07 Å². The molecule has 5 heteroatoms. The van der Waals surface area contributed by atoms with Crippen molar-refractivity contribution in [2.75, 3.05) is 0 Å². The Balaban J connectivity index is 0.00000169. The smallest absolute Gasteiger partial charge is 0.240 e. The lowest BCUT2D eigenvalue weighted by Crippen LogP contribution is -1.73. The number of isocyanates is 2. The van der Waals surface area contributed by atoms with Crippen LogP contribution >= 0.6 is 0 Å². The van der Waals surface area contributed by atoms with Crippen LogP contribution in [0.25, 0.3) is 0 Å². The molecule has 2 N–H and O–H groups in total. The highest BCUT2D eigenvalue weighted by Crippen LogP contribution is 2.23. The summed E-state index contributed by atoms with van der Waals surface area (Å²) >= 11 is 0. The number of hydrogen-bond acceptors (Lipinski definition) is 4. The normalized spacial score (nSPS) is 7.79. The zero-order chi connectivity index (χ0) is 9.68. The molecule has 1 aromatic carbocycles. The van der Waals surface area contributed by atoms with Crippen molar-refractivity contribution < 1.29 is 15.1 Å². The first-order chi connectivity index (χ1) is 6.27. The van der Waals surface area contributed by atoms with Crippen molar-refractivity contribution in [3.8, 4) is 0 Å². The summed E-state index contributed by atoms with van der Waals surface area (Å²) in [7, 11) is 0. The molecule has 0 amide bonds. The topological polar surface area (TPSA) is 90.4 Å². The molecular weight excluding hydrogens is 184 g/mol. The predicted octanol–water partition coefficient (Wildman–Crippen LogP) is 1.10. The molecule has 0 radical (unpaired) electrons. The van der Waals surface area contributed by atoms with E-state index in [1.807, 2.05) is 0 Å². The molecule has 0 saturated carbocycles. The van der Waals surface area contributed by atoms with Crippen LogP contribution in [0.4, 0.5) is 11.4 Å². The maximum absolute atomic E-state index is 10.00. The Hall–Kier alpha value is -2.06. The van der Waals surface area contributed by atoms with Gasteiger partial charge in [0.25, 0.3) is 0 Å². The summed E-state index contributed by atoms with van der Waals surface area (Å²) < 4.78 is 0. The van der Waals surface area contributed by atoms with Gasteiger partial charge in [-0.2, -0.15) is 9.98 Å². The first-order valence-corrected chi connectivity index (χ1v) is 3.54. The highest BCUT2D eigenvalue weighted by molar-refractivity contribution is 5.61. The second-order valence-electron chi connectivity index (χ2n) is 2.38. The minimum absolute atomic E-state index is 0. The number of nitrogens with zero attached hydrogens (tertiary/aromatic N) is 2. The van der Waals surface area contributed by atoms with Gasteiger partial charge in [-0.05, 0) is 24.6 Å². The number of carbonyl (C=O) groups excluding carboxylic acids is 2. The standard InChI is InChI=1S/C9H6N2O2.H2O/c1-7-2-3-8(10-5-12)4-9(7)11-6-13;/h2-4H,1H3;1H2. The molecule has 0 atom stereocenters. The molecule has 0 bridgehead atoms. The lowest BCUT2D eigenvalue weighted by atomic mass is 10.2. The van der Waals surface area contributed by atoms with Crippen LogP contribution in [0, 0.1) is 6.92 Å². The van der Waals surface area contributed by atoms with Gasteiger partial charge in [0.1, 0.15) is 0 Å². The lowest BCUT2D eigenvalue weighted by Gasteiger charge is -1.97. The summed E-state index contributed by atoms with van der Waals surface area (Å²) in [5, 5.41) is 0. The third-order valence-electron chi connectivity index (χ3n) is 1.53. The Morgan fingerprint density at radius 1 is 1.14 bits per heavy atom. The van der Waals surface area contributed by atoms with Crippen molar-refractivity contribution in [3.05, 3.63) is 23.8 Å². The Kier molecular flexibility index (Phi) is 4.74. The first kappa shape index (κ1) is 11.9. The van der Waals surface area contributed by atoms with Crippen LogP contribution in [0.3, 0.4) is 0 Å². The maximum Gasteiger partial charge on any atom is 0.240 e. The fourth-order valence-electron chi connectivity index (χ4n) is 0.890. The minimum Gasteiger partial charge on any atom is -0.412 e. The molecule has 0 spiro atoms. The Bertz CT molecular complexity index is 416. The zero-order valence-corrected chi connectivity index (χ0v) is 7.44. The lowest BCUT2D eigenvalue weighted by molar-refractivity contribution is 0.565. The molecule has 5 nitrogen and oxygen atoms in total. The maximum atomic E-state index is 10.00. The zero-order valence-electron chi connectivity index (χ0n) is 7.44. The van der Waals surface area contributed by atoms with Gasteiger partial charge in [-0.15, -0.1) is 0 Å². The van der Waals surface area contributed by atoms with Crippen LogP contribution in [-0.2, 0) is 9.59 Å². The third kappa shape index (κ3) is 2.77. The van der Waals surface area contributed by atoms with Crippen molar-refractivity contribution in [1.29, 1.82) is 0 Å². The summed E-state index contributed by atoms with van der Waals surface area (Å²) in [6, 6.07) is 4.88. The van der Waals surface area contributed by atoms with Crippen molar-refractivity contribution in [2.45, 2.75) is 6.92 Å². The highest BCUT2D eigenvalue weighted by atomic mass is 16.1. The molecule has 72 valence electrons. The van der Waals surface area contributed by atoms with E-state index in [1.54, 1.807) is 19.1 Å². The van der Waals surface area contributed by atoms with Crippen molar-refractivity contribution >= 4 is 23.5 Å². The average Bonchev–Trinajstić information content (AvgIpc) is 2.12. The summed E-state index contributed by atoms with van der Waals surface area (Å²) in [6.07, 6.45) is 2.84. The molecule has 0 fully saturated rings. The number of benzene rings is 1. The molecule has 0 aromatic heterocycles. The van der Waals surface area contributed by atoms with Gasteiger partial charge in [0, 0.05) is 0 Å². The Morgan fingerprint density at radius 2 is 1.79 bits per heavy atom. The SMILES string of the molecule is Cc1ccc(N=C=O)cc1N=C=O.O. The molecule has 0 heterocycles. The van der Waals surface area contributed by atoms with E-state index in [4.69, 9.17) is 0 Å². The van der Waals surface area contributed by atoms with E-state index >= 15 is 0 Å². The van der Waals surface area contributed by atoms with E-state index in [-0.39, 0.29) is 5.48 Å². The highest BCUT2D eigenvalue weighted by Gasteiger charge is 1.97. The van der Waals surface area contributed by atoms with Crippen molar-refractivity contribution in [2.24, 2.45) is 9.98 Å². The van der Waals surface area contributed by atoms with Crippen molar-refractivity contribution in [1.82, 2.24) is 0 Å². The Morgan fingerprint density at radius 3 is 2.36 bits per heavy atom. The van der Waals surface area contributed by atoms with Crippen LogP contribution in [0.1, 0.15) is 5.56 Å². The van der Waals surface area contributed by atoms with Gasteiger partial charge in [0.05, 0.1) is 11.4 Å². The number of aliphatic imine (C=N–C) groups is 2. The van der Waals surface area contributed by atoms with Crippen LogP contribution in [-0.4, -0.2) is 17.6 Å². The molecule has 0 aliphatic heterocycles. The fraction of sp³-hybridized carbons (Fsp3) is 0.111. The molecule has 0 aliphatic rings. The summed E-state index contributed by atoms with van der Waals surface area (Å²) in [6.45, 7) is 1.80. The van der Waals surface area contributed by atoms with E-state index in [0.717, 1.165) is 5.56 Å². The quantitative estimate of drug-likeness (QED) is 0.518. The number of hydrogen-bond donors (Lipinski definition) is 0. The van der Waals surface area contributed by atoms with Crippen molar-refractivity contribution in [3.63, 3.8) is 0 Å². The van der Waals surface area contributed by atoms with E-state index in [9.17, 15) is 9.59 Å². The largest absolute Gasteiger partial charge is 0.412 e. The number of rotatable bonds is 2. The first-order valence-electron chi connectivity index (χ1n) is 3.54. The van der Waals surface area contributed by atoms with Gasteiger partial charge in [0.2, 0.25) is 12.2 Å². The summed E-state index contributed by atoms with van der Waals surface area (Å²) in [5.74, 6) is 0. The summed E-state index contributed by atoms with van der Waals surface area (Å²) in [5.41, 5.74) is 1.72. The van der Waals surface area contributed by atoms with Crippen LogP contribution < -0.4 is 0 Å². The van der Waals surface area contributed by atoms with E-state index in [2.05, 4.69) is 9.98 Å². The second kappa shape index (κ2) is 5.56. The van der Waals surface area contributed by atoms with Gasteiger partial charge < -0.3 is 5.48 Å².